The monoisotopic (exact) mass is 388 g/mol. The number of nitrogens with zero attached hydrogens (tertiary/aromatic N) is 4. The SMILES string of the molecule is Cc1cc2c(N3CCN(c4ccccc4S(C)(=O)=O)CC3)ncnc2s1. The number of para-hydroxylation sites is 1. The lowest BCUT2D eigenvalue weighted by Gasteiger charge is -2.37. The third-order valence-corrected chi connectivity index (χ3v) is 6.72. The van der Waals surface area contributed by atoms with Crippen molar-refractivity contribution in [2.45, 2.75) is 11.8 Å². The van der Waals surface area contributed by atoms with Gasteiger partial charge in [0, 0.05) is 37.3 Å². The molecule has 0 N–H and O–H groups in total. The van der Waals surface area contributed by atoms with Gasteiger partial charge in [-0.15, -0.1) is 11.3 Å². The second kappa shape index (κ2) is 6.51. The number of fused-ring (bicyclic) bond motifs is 1. The zero-order chi connectivity index (χ0) is 18.3. The number of aromatic nitrogens is 2. The molecule has 136 valence electrons. The zero-order valence-electron chi connectivity index (χ0n) is 14.7. The molecule has 1 aromatic carbocycles. The topological polar surface area (TPSA) is 66.4 Å². The maximum Gasteiger partial charge on any atom is 0.177 e. The second-order valence-electron chi connectivity index (χ2n) is 6.49. The van der Waals surface area contributed by atoms with Gasteiger partial charge in [-0.1, -0.05) is 12.1 Å². The first kappa shape index (κ1) is 17.2. The number of hydrogen-bond donors (Lipinski definition) is 0. The summed E-state index contributed by atoms with van der Waals surface area (Å²) < 4.78 is 24.2. The number of sulfone groups is 1. The van der Waals surface area contributed by atoms with Gasteiger partial charge in [-0.3, -0.25) is 0 Å². The lowest BCUT2D eigenvalue weighted by molar-refractivity contribution is 0.599. The van der Waals surface area contributed by atoms with Crippen LogP contribution >= 0.6 is 11.3 Å². The first-order valence-corrected chi connectivity index (χ1v) is 11.1. The third-order valence-electron chi connectivity index (χ3n) is 4.62. The summed E-state index contributed by atoms with van der Waals surface area (Å²) in [5, 5.41) is 1.10. The highest BCUT2D eigenvalue weighted by molar-refractivity contribution is 7.90. The van der Waals surface area contributed by atoms with Crippen LogP contribution in [0.25, 0.3) is 10.2 Å². The summed E-state index contributed by atoms with van der Waals surface area (Å²) in [5.41, 5.74) is 0.786. The van der Waals surface area contributed by atoms with Crippen molar-refractivity contribution in [2.75, 3.05) is 42.2 Å². The lowest BCUT2D eigenvalue weighted by atomic mass is 10.2. The average molecular weight is 389 g/mol. The minimum absolute atomic E-state index is 0.395. The first-order chi connectivity index (χ1) is 12.4. The molecule has 0 aliphatic carbocycles. The van der Waals surface area contributed by atoms with Gasteiger partial charge in [-0.2, -0.15) is 0 Å². The molecule has 0 saturated carbocycles. The van der Waals surface area contributed by atoms with E-state index in [0.29, 0.717) is 4.90 Å². The summed E-state index contributed by atoms with van der Waals surface area (Å²) in [4.78, 5) is 15.9. The standard InChI is InChI=1S/C18H20N4O2S2/c1-13-11-14-17(19-12-20-18(14)25-13)22-9-7-21(8-10-22)15-5-3-4-6-16(15)26(2,23)24/h3-6,11-12H,7-10H2,1-2H3. The van der Waals surface area contributed by atoms with Gasteiger partial charge >= 0.3 is 0 Å². The molecule has 0 atom stereocenters. The largest absolute Gasteiger partial charge is 0.367 e. The van der Waals surface area contributed by atoms with E-state index in [2.05, 4.69) is 32.8 Å². The van der Waals surface area contributed by atoms with Gasteiger partial charge in [0.2, 0.25) is 0 Å². The van der Waals surface area contributed by atoms with Crippen LogP contribution in [0.4, 0.5) is 11.5 Å². The van der Waals surface area contributed by atoms with Crippen LogP contribution < -0.4 is 9.80 Å². The van der Waals surface area contributed by atoms with Crippen LogP contribution in [0.3, 0.4) is 0 Å². The molecule has 26 heavy (non-hydrogen) atoms. The molecule has 8 heteroatoms. The van der Waals surface area contributed by atoms with Crippen LogP contribution in [0, 0.1) is 6.92 Å². The normalized spacial score (nSPS) is 15.6. The van der Waals surface area contributed by atoms with Crippen molar-refractivity contribution in [2.24, 2.45) is 0 Å². The van der Waals surface area contributed by atoms with Gasteiger partial charge in [0.25, 0.3) is 0 Å². The summed E-state index contributed by atoms with van der Waals surface area (Å²) in [6.45, 7) is 5.16. The Kier molecular flexibility index (Phi) is 4.32. The molecule has 3 aromatic rings. The summed E-state index contributed by atoms with van der Waals surface area (Å²) in [6, 6.07) is 9.36. The lowest BCUT2D eigenvalue weighted by Crippen LogP contribution is -2.47. The fraction of sp³-hybridized carbons (Fsp3) is 0.333. The van der Waals surface area contributed by atoms with E-state index in [1.807, 2.05) is 12.1 Å². The molecule has 1 fully saturated rings. The number of benzene rings is 1. The second-order valence-corrected chi connectivity index (χ2v) is 9.71. The van der Waals surface area contributed by atoms with Crippen LogP contribution in [0.1, 0.15) is 4.88 Å². The molecule has 1 saturated heterocycles. The van der Waals surface area contributed by atoms with Gasteiger partial charge in [0.15, 0.2) is 9.84 Å². The van der Waals surface area contributed by atoms with Crippen LogP contribution in [0.2, 0.25) is 0 Å². The van der Waals surface area contributed by atoms with Crippen molar-refractivity contribution in [1.29, 1.82) is 0 Å². The number of aryl methyl sites for hydroxylation is 1. The summed E-state index contributed by atoms with van der Waals surface area (Å²) in [5.74, 6) is 0.968. The van der Waals surface area contributed by atoms with Crippen molar-refractivity contribution in [3.63, 3.8) is 0 Å². The highest BCUT2D eigenvalue weighted by atomic mass is 32.2. The van der Waals surface area contributed by atoms with E-state index in [9.17, 15) is 8.42 Å². The van der Waals surface area contributed by atoms with Gasteiger partial charge in [0.05, 0.1) is 16.0 Å². The van der Waals surface area contributed by atoms with Crippen molar-refractivity contribution < 1.29 is 8.42 Å². The smallest absolute Gasteiger partial charge is 0.177 e. The molecule has 0 radical (unpaired) electrons. The first-order valence-electron chi connectivity index (χ1n) is 8.43. The maximum atomic E-state index is 12.1. The molecule has 0 bridgehead atoms. The third kappa shape index (κ3) is 3.14. The zero-order valence-corrected chi connectivity index (χ0v) is 16.3. The number of rotatable bonds is 3. The fourth-order valence-corrected chi connectivity index (χ4v) is 5.15. The van der Waals surface area contributed by atoms with Gasteiger partial charge in [-0.25, -0.2) is 18.4 Å². The molecule has 0 amide bonds. The number of piperazine rings is 1. The highest BCUT2D eigenvalue weighted by Gasteiger charge is 2.24. The molecule has 3 heterocycles. The van der Waals surface area contributed by atoms with Crippen molar-refractivity contribution in [3.8, 4) is 0 Å². The van der Waals surface area contributed by atoms with E-state index in [1.165, 1.54) is 11.1 Å². The molecular formula is C18H20N4O2S2. The van der Waals surface area contributed by atoms with E-state index in [0.717, 1.165) is 47.9 Å². The Labute approximate surface area is 157 Å². The Hall–Kier alpha value is -2.19. The predicted octanol–water partition coefficient (Wildman–Crippen LogP) is 2.73. The van der Waals surface area contributed by atoms with Crippen molar-refractivity contribution in [3.05, 3.63) is 41.5 Å². The van der Waals surface area contributed by atoms with Gasteiger partial charge < -0.3 is 9.80 Å². The number of thiophene rings is 1. The Morgan fingerprint density at radius 3 is 2.46 bits per heavy atom. The molecule has 4 rings (SSSR count). The highest BCUT2D eigenvalue weighted by Crippen LogP contribution is 2.31. The van der Waals surface area contributed by atoms with Crippen LogP contribution in [0.15, 0.2) is 41.6 Å². The molecule has 6 nitrogen and oxygen atoms in total. The van der Waals surface area contributed by atoms with Crippen molar-refractivity contribution in [1.82, 2.24) is 9.97 Å². The van der Waals surface area contributed by atoms with Crippen LogP contribution in [-0.2, 0) is 9.84 Å². The van der Waals surface area contributed by atoms with E-state index < -0.39 is 9.84 Å². The Morgan fingerprint density at radius 1 is 1.04 bits per heavy atom. The molecule has 1 aliphatic heterocycles. The molecular weight excluding hydrogens is 368 g/mol. The van der Waals surface area contributed by atoms with Crippen molar-refractivity contribution >= 4 is 42.9 Å². The van der Waals surface area contributed by atoms with Crippen LogP contribution in [0.5, 0.6) is 0 Å². The van der Waals surface area contributed by atoms with E-state index in [1.54, 1.807) is 29.8 Å². The summed E-state index contributed by atoms with van der Waals surface area (Å²) >= 11 is 1.68. The Morgan fingerprint density at radius 2 is 1.73 bits per heavy atom. The van der Waals surface area contributed by atoms with E-state index >= 15 is 0 Å². The van der Waals surface area contributed by atoms with Gasteiger partial charge in [0.1, 0.15) is 17.0 Å². The minimum Gasteiger partial charge on any atom is -0.367 e. The van der Waals surface area contributed by atoms with E-state index in [4.69, 9.17) is 0 Å². The molecule has 1 aliphatic rings. The van der Waals surface area contributed by atoms with Crippen LogP contribution in [-0.4, -0.2) is 50.8 Å². The quantitative estimate of drug-likeness (QED) is 0.687. The maximum absolute atomic E-state index is 12.1. The molecule has 0 spiro atoms. The molecule has 0 unspecified atom stereocenters. The minimum atomic E-state index is -3.25. The summed E-state index contributed by atoms with van der Waals surface area (Å²) in [7, 11) is -3.25. The fourth-order valence-electron chi connectivity index (χ4n) is 3.41. The average Bonchev–Trinajstić information content (AvgIpc) is 3.01. The molecule has 2 aromatic heterocycles. The number of hydrogen-bond acceptors (Lipinski definition) is 7. The predicted molar refractivity (Wildman–Crippen MR) is 106 cm³/mol. The Balaban J connectivity index is 1.59. The number of anilines is 2. The van der Waals surface area contributed by atoms with Gasteiger partial charge in [-0.05, 0) is 25.1 Å². The summed E-state index contributed by atoms with van der Waals surface area (Å²) in [6.07, 6.45) is 2.89. The van der Waals surface area contributed by atoms with E-state index in [-0.39, 0.29) is 0 Å². The Bertz CT molecular complexity index is 1050.